The van der Waals surface area contributed by atoms with Crippen LogP contribution in [0.2, 0.25) is 0 Å². The minimum absolute atomic E-state index is 0.128. The molecule has 0 spiro atoms. The molecule has 0 bridgehead atoms. The number of benzene rings is 1. The molecule has 0 atom stereocenters. The summed E-state index contributed by atoms with van der Waals surface area (Å²) in [6.07, 6.45) is -4.64. The van der Waals surface area contributed by atoms with Crippen molar-refractivity contribution in [3.8, 4) is 0 Å². The van der Waals surface area contributed by atoms with Crippen molar-refractivity contribution in [2.75, 3.05) is 20.2 Å². The van der Waals surface area contributed by atoms with E-state index in [2.05, 4.69) is 5.16 Å². The number of hydrogen-bond acceptors (Lipinski definition) is 4. The largest absolute Gasteiger partial charge is 0.417 e. The minimum Gasteiger partial charge on any atom is -0.369 e. The average molecular weight is 332 g/mol. The van der Waals surface area contributed by atoms with E-state index in [1.165, 1.54) is 12.1 Å². The Morgan fingerprint density at radius 3 is 2.61 bits per heavy atom. The van der Waals surface area contributed by atoms with Crippen LogP contribution in [0.1, 0.15) is 18.5 Å². The van der Waals surface area contributed by atoms with Gasteiger partial charge in [-0.1, -0.05) is 5.16 Å². The molecule has 1 aromatic carbocycles. The molecule has 4 nitrogen and oxygen atoms in total. The zero-order valence-electron chi connectivity index (χ0n) is 12.5. The van der Waals surface area contributed by atoms with Crippen molar-refractivity contribution in [3.63, 3.8) is 0 Å². The Kier molecular flexibility index (Phi) is 4.05. The number of methoxy groups -OCH3 is 1. The summed E-state index contributed by atoms with van der Waals surface area (Å²) in [7, 11) is 1.10. The number of ether oxygens (including phenoxy) is 1. The van der Waals surface area contributed by atoms with Crippen LogP contribution in [0.25, 0.3) is 11.0 Å². The predicted octanol–water partition coefficient (Wildman–Crippen LogP) is 3.51. The van der Waals surface area contributed by atoms with Gasteiger partial charge in [-0.25, -0.2) is 4.39 Å². The quantitative estimate of drug-likeness (QED) is 0.806. The minimum atomic E-state index is -4.38. The number of nitrogens with zero attached hydrogens (tertiary/aromatic N) is 2. The van der Waals surface area contributed by atoms with E-state index < -0.39 is 17.6 Å². The molecule has 0 amide bonds. The maximum Gasteiger partial charge on any atom is 0.417 e. The molecule has 1 aromatic heterocycles. The molecule has 1 fully saturated rings. The molecule has 0 saturated carbocycles. The third-order valence-corrected chi connectivity index (χ3v) is 4.45. The van der Waals surface area contributed by atoms with Gasteiger partial charge in [-0.2, -0.15) is 13.2 Å². The number of likely N-dealkylation sites (tertiary alicyclic amines) is 1. The van der Waals surface area contributed by atoms with Crippen LogP contribution in [-0.2, 0) is 11.3 Å². The topological polar surface area (TPSA) is 38.5 Å². The third kappa shape index (κ3) is 2.92. The van der Waals surface area contributed by atoms with Crippen molar-refractivity contribution in [1.29, 1.82) is 0 Å². The summed E-state index contributed by atoms with van der Waals surface area (Å²) in [5.74, 6) is -0.423. The lowest BCUT2D eigenvalue weighted by molar-refractivity contribution is -0.282. The highest BCUT2D eigenvalue weighted by Gasteiger charge is 2.56. The van der Waals surface area contributed by atoms with Crippen LogP contribution >= 0.6 is 0 Å². The molecule has 0 N–H and O–H groups in total. The Morgan fingerprint density at radius 2 is 2.00 bits per heavy atom. The van der Waals surface area contributed by atoms with Gasteiger partial charge in [0.2, 0.25) is 0 Å². The molecular formula is C15H16F4N2O2. The third-order valence-electron chi connectivity index (χ3n) is 4.45. The normalized spacial score (nSPS) is 19.3. The monoisotopic (exact) mass is 332 g/mol. The van der Waals surface area contributed by atoms with Gasteiger partial charge < -0.3 is 9.26 Å². The van der Waals surface area contributed by atoms with E-state index in [0.717, 1.165) is 7.11 Å². The van der Waals surface area contributed by atoms with Crippen LogP contribution in [0.5, 0.6) is 0 Å². The summed E-state index contributed by atoms with van der Waals surface area (Å²) >= 11 is 0. The highest BCUT2D eigenvalue weighted by atomic mass is 19.4. The first kappa shape index (κ1) is 16.2. The van der Waals surface area contributed by atoms with Crippen LogP contribution in [0.15, 0.2) is 22.7 Å². The van der Waals surface area contributed by atoms with Crippen molar-refractivity contribution >= 4 is 11.0 Å². The van der Waals surface area contributed by atoms with Gasteiger partial charge in [0.05, 0.1) is 0 Å². The van der Waals surface area contributed by atoms with Crippen molar-refractivity contribution in [1.82, 2.24) is 10.1 Å². The number of piperidine rings is 1. The summed E-state index contributed by atoms with van der Waals surface area (Å²) in [6, 6.07) is 4.11. The fourth-order valence-corrected chi connectivity index (χ4v) is 2.97. The molecule has 2 heterocycles. The zero-order valence-corrected chi connectivity index (χ0v) is 12.5. The highest BCUT2D eigenvalue weighted by Crippen LogP contribution is 2.41. The fraction of sp³-hybridized carbons (Fsp3) is 0.533. The molecular weight excluding hydrogens is 316 g/mol. The van der Waals surface area contributed by atoms with Gasteiger partial charge >= 0.3 is 6.18 Å². The predicted molar refractivity (Wildman–Crippen MR) is 74.3 cm³/mol. The number of fused-ring (bicyclic) bond motifs is 1. The molecule has 1 aliphatic heterocycles. The first-order valence-corrected chi connectivity index (χ1v) is 7.23. The first-order valence-electron chi connectivity index (χ1n) is 7.23. The van der Waals surface area contributed by atoms with Crippen LogP contribution in [-0.4, -0.2) is 42.0 Å². The number of hydrogen-bond donors (Lipinski definition) is 0. The smallest absolute Gasteiger partial charge is 0.369 e. The Morgan fingerprint density at radius 1 is 1.30 bits per heavy atom. The lowest BCUT2D eigenvalue weighted by Crippen LogP contribution is -2.54. The summed E-state index contributed by atoms with van der Waals surface area (Å²) in [5, 5.41) is 4.57. The maximum absolute atomic E-state index is 13.1. The van der Waals surface area contributed by atoms with Gasteiger partial charge in [0.1, 0.15) is 11.5 Å². The Balaban J connectivity index is 1.71. The summed E-state index contributed by atoms with van der Waals surface area (Å²) in [5.41, 5.74) is -1.14. The van der Waals surface area contributed by atoms with Crippen LogP contribution in [0.4, 0.5) is 17.6 Å². The molecule has 126 valence electrons. The maximum atomic E-state index is 13.1. The van der Waals surface area contributed by atoms with E-state index in [9.17, 15) is 17.6 Å². The molecule has 1 aliphatic rings. The molecule has 2 aromatic rings. The van der Waals surface area contributed by atoms with E-state index in [1.807, 2.05) is 4.90 Å². The number of aromatic nitrogens is 1. The number of alkyl halides is 3. The first-order chi connectivity index (χ1) is 10.8. The van der Waals surface area contributed by atoms with Crippen LogP contribution < -0.4 is 0 Å². The lowest BCUT2D eigenvalue weighted by atomic mass is 9.90. The average Bonchev–Trinajstić information content (AvgIpc) is 2.89. The second-order valence-electron chi connectivity index (χ2n) is 5.74. The molecule has 0 unspecified atom stereocenters. The van der Waals surface area contributed by atoms with Crippen molar-refractivity contribution < 1.29 is 26.8 Å². The SMILES string of the molecule is COC1(C(F)(F)F)CCN(Cc2noc3cc(F)ccc23)CC1. The van der Waals surface area contributed by atoms with Gasteiger partial charge in [0.15, 0.2) is 11.2 Å². The van der Waals surface area contributed by atoms with Crippen molar-refractivity contribution in [2.45, 2.75) is 31.2 Å². The molecule has 0 aliphatic carbocycles. The summed E-state index contributed by atoms with van der Waals surface area (Å²) < 4.78 is 62.4. The second-order valence-corrected chi connectivity index (χ2v) is 5.74. The van der Waals surface area contributed by atoms with Gasteiger partial charge in [-0.05, 0) is 25.0 Å². The van der Waals surface area contributed by atoms with E-state index >= 15 is 0 Å². The van der Waals surface area contributed by atoms with Gasteiger partial charge in [-0.3, -0.25) is 4.90 Å². The van der Waals surface area contributed by atoms with Gasteiger partial charge in [0.25, 0.3) is 0 Å². The van der Waals surface area contributed by atoms with E-state index in [-0.39, 0.29) is 25.9 Å². The van der Waals surface area contributed by atoms with Crippen LogP contribution in [0, 0.1) is 5.82 Å². The van der Waals surface area contributed by atoms with Crippen LogP contribution in [0.3, 0.4) is 0 Å². The summed E-state index contributed by atoms with van der Waals surface area (Å²) in [6.45, 7) is 0.835. The standard InChI is InChI=1S/C15H16F4N2O2/c1-22-14(15(17,18)19)4-6-21(7-5-14)9-12-11-3-2-10(16)8-13(11)23-20-12/h2-3,8H,4-7,9H2,1H3. The molecule has 3 rings (SSSR count). The number of rotatable bonds is 3. The molecule has 8 heteroatoms. The second kappa shape index (κ2) is 5.76. The fourth-order valence-electron chi connectivity index (χ4n) is 2.97. The Hall–Kier alpha value is -1.67. The zero-order chi connectivity index (χ0) is 16.7. The van der Waals surface area contributed by atoms with E-state index in [1.54, 1.807) is 6.07 Å². The summed E-state index contributed by atoms with van der Waals surface area (Å²) in [4.78, 5) is 1.86. The lowest BCUT2D eigenvalue weighted by Gasteiger charge is -2.41. The van der Waals surface area contributed by atoms with E-state index in [4.69, 9.17) is 9.26 Å². The Labute approximate surface area is 130 Å². The Bertz CT molecular complexity index is 690. The highest BCUT2D eigenvalue weighted by molar-refractivity contribution is 5.79. The van der Waals surface area contributed by atoms with Crippen molar-refractivity contribution in [3.05, 3.63) is 29.7 Å². The molecule has 0 radical (unpaired) electrons. The van der Waals surface area contributed by atoms with Gasteiger partial charge in [0, 0.05) is 38.2 Å². The van der Waals surface area contributed by atoms with E-state index in [0.29, 0.717) is 23.2 Å². The number of halogens is 4. The van der Waals surface area contributed by atoms with Gasteiger partial charge in [-0.15, -0.1) is 0 Å². The molecule has 23 heavy (non-hydrogen) atoms. The molecule has 1 saturated heterocycles. The van der Waals surface area contributed by atoms with Crippen molar-refractivity contribution in [2.24, 2.45) is 0 Å².